The fourth-order valence-electron chi connectivity index (χ4n) is 1.12. The summed E-state index contributed by atoms with van der Waals surface area (Å²) in [6.45, 7) is 0. The summed E-state index contributed by atoms with van der Waals surface area (Å²) in [5, 5.41) is 17.9. The summed E-state index contributed by atoms with van der Waals surface area (Å²) < 4.78 is 36.5. The number of aliphatic hydroxyl groups excluding tert-OH is 1. The van der Waals surface area contributed by atoms with Crippen LogP contribution in [0.2, 0.25) is 5.02 Å². The number of aromatic hydroxyl groups is 1. The monoisotopic (exact) mass is 255 g/mol. The van der Waals surface area contributed by atoms with Crippen LogP contribution in [0.15, 0.2) is 18.2 Å². The minimum Gasteiger partial charge on any atom is -0.506 e. The molecular weight excluding hydrogens is 247 g/mol. The lowest BCUT2D eigenvalue weighted by atomic mass is 10.0. The molecule has 0 radical (unpaired) electrons. The third-order valence-corrected chi connectivity index (χ3v) is 2.33. The minimum absolute atomic E-state index is 0.00683. The van der Waals surface area contributed by atoms with Gasteiger partial charge in [0.15, 0.2) is 6.10 Å². The van der Waals surface area contributed by atoms with Crippen molar-refractivity contribution in [1.29, 1.82) is 0 Å². The fraction of sp³-hybridized carbons (Fsp3) is 0.333. The van der Waals surface area contributed by atoms with E-state index < -0.39 is 18.3 Å². The van der Waals surface area contributed by atoms with Crippen LogP contribution < -0.4 is 5.73 Å². The molecule has 1 aromatic rings. The van der Waals surface area contributed by atoms with Gasteiger partial charge in [-0.25, -0.2) is 0 Å². The van der Waals surface area contributed by atoms with Crippen LogP contribution in [0.25, 0.3) is 0 Å². The number of phenolic OH excluding ortho intramolecular Hbond substituents is 1. The van der Waals surface area contributed by atoms with Crippen LogP contribution >= 0.6 is 11.6 Å². The number of hydrogen-bond donors (Lipinski definition) is 3. The molecule has 7 heteroatoms. The molecule has 0 aliphatic carbocycles. The summed E-state index contributed by atoms with van der Waals surface area (Å²) >= 11 is 5.51. The van der Waals surface area contributed by atoms with E-state index >= 15 is 0 Å². The first-order chi connectivity index (χ1) is 7.23. The van der Waals surface area contributed by atoms with Crippen molar-refractivity contribution in [2.24, 2.45) is 5.73 Å². The summed E-state index contributed by atoms with van der Waals surface area (Å²) in [5.41, 5.74) is 5.23. The molecule has 3 nitrogen and oxygen atoms in total. The van der Waals surface area contributed by atoms with E-state index in [2.05, 4.69) is 0 Å². The van der Waals surface area contributed by atoms with Crippen LogP contribution in [0.5, 0.6) is 5.75 Å². The predicted molar refractivity (Wildman–Crippen MR) is 52.1 cm³/mol. The largest absolute Gasteiger partial charge is 0.506 e. The van der Waals surface area contributed by atoms with Gasteiger partial charge in [-0.3, -0.25) is 0 Å². The van der Waals surface area contributed by atoms with Gasteiger partial charge < -0.3 is 15.9 Å². The minimum atomic E-state index is -4.80. The Labute approximate surface area is 94.3 Å². The van der Waals surface area contributed by atoms with E-state index in [4.69, 9.17) is 27.5 Å². The van der Waals surface area contributed by atoms with E-state index in [1.807, 2.05) is 0 Å². The first kappa shape index (κ1) is 13.1. The number of nitrogens with two attached hydrogens (primary N) is 1. The molecule has 0 fully saturated rings. The highest BCUT2D eigenvalue weighted by Gasteiger charge is 2.42. The second kappa shape index (κ2) is 4.48. The summed E-state index contributed by atoms with van der Waals surface area (Å²) in [6, 6.07) is 1.72. The number of benzene rings is 1. The van der Waals surface area contributed by atoms with Gasteiger partial charge in [-0.05, 0) is 17.7 Å². The molecule has 0 unspecified atom stereocenters. The molecule has 0 aliphatic heterocycles. The Bertz CT molecular complexity index is 384. The van der Waals surface area contributed by atoms with Crippen molar-refractivity contribution >= 4 is 11.6 Å². The van der Waals surface area contributed by atoms with E-state index in [1.54, 1.807) is 0 Å². The Kier molecular flexibility index (Phi) is 3.67. The van der Waals surface area contributed by atoms with Gasteiger partial charge in [0.1, 0.15) is 5.75 Å². The number of hydrogen-bond acceptors (Lipinski definition) is 3. The van der Waals surface area contributed by atoms with Gasteiger partial charge in [-0.2, -0.15) is 13.2 Å². The van der Waals surface area contributed by atoms with Gasteiger partial charge in [-0.1, -0.05) is 17.7 Å². The maximum Gasteiger partial charge on any atom is 0.416 e. The van der Waals surface area contributed by atoms with Gasteiger partial charge in [0.25, 0.3) is 0 Å². The third-order valence-electron chi connectivity index (χ3n) is 2.03. The Morgan fingerprint density at radius 3 is 2.31 bits per heavy atom. The molecule has 90 valence electrons. The molecule has 0 spiro atoms. The molecule has 0 aliphatic rings. The molecule has 0 bridgehead atoms. The molecule has 0 amide bonds. The van der Waals surface area contributed by atoms with Crippen LogP contribution in [0.1, 0.15) is 11.6 Å². The Morgan fingerprint density at radius 2 is 1.88 bits per heavy atom. The highest BCUT2D eigenvalue weighted by atomic mass is 35.5. The van der Waals surface area contributed by atoms with E-state index in [0.717, 1.165) is 12.1 Å². The van der Waals surface area contributed by atoms with Gasteiger partial charge >= 0.3 is 6.18 Å². The highest BCUT2D eigenvalue weighted by Crippen LogP contribution is 2.31. The molecule has 0 saturated carbocycles. The lowest BCUT2D eigenvalue weighted by molar-refractivity contribution is -0.210. The number of rotatable bonds is 2. The maximum absolute atomic E-state index is 12.2. The molecule has 0 heterocycles. The molecule has 1 aromatic carbocycles. The van der Waals surface area contributed by atoms with Gasteiger partial charge in [0.2, 0.25) is 0 Å². The van der Waals surface area contributed by atoms with Gasteiger partial charge in [-0.15, -0.1) is 0 Å². The van der Waals surface area contributed by atoms with E-state index in [0.29, 0.717) is 0 Å². The summed E-state index contributed by atoms with van der Waals surface area (Å²) in [5.74, 6) is -0.265. The average molecular weight is 256 g/mol. The molecular formula is C9H9ClF3NO2. The van der Waals surface area contributed by atoms with Crippen LogP contribution in [0.4, 0.5) is 13.2 Å². The predicted octanol–water partition coefficient (Wildman–Crippen LogP) is 1.97. The summed E-state index contributed by atoms with van der Waals surface area (Å²) in [6.07, 6.45) is -7.47. The Morgan fingerprint density at radius 1 is 1.31 bits per heavy atom. The van der Waals surface area contributed by atoms with Crippen LogP contribution in [-0.2, 0) is 0 Å². The van der Waals surface area contributed by atoms with Crippen molar-refractivity contribution in [1.82, 2.24) is 0 Å². The van der Waals surface area contributed by atoms with Crippen molar-refractivity contribution in [3.05, 3.63) is 28.8 Å². The van der Waals surface area contributed by atoms with Gasteiger partial charge in [0, 0.05) is 0 Å². The van der Waals surface area contributed by atoms with Crippen molar-refractivity contribution in [3.63, 3.8) is 0 Å². The lowest BCUT2D eigenvalue weighted by Crippen LogP contribution is -2.38. The summed E-state index contributed by atoms with van der Waals surface area (Å²) in [4.78, 5) is 0. The summed E-state index contributed by atoms with van der Waals surface area (Å²) in [7, 11) is 0. The van der Waals surface area contributed by atoms with Crippen LogP contribution in [0, 0.1) is 0 Å². The van der Waals surface area contributed by atoms with Gasteiger partial charge in [0.05, 0.1) is 11.1 Å². The highest BCUT2D eigenvalue weighted by molar-refractivity contribution is 6.32. The molecule has 1 rings (SSSR count). The zero-order valence-electron chi connectivity index (χ0n) is 7.87. The number of phenols is 1. The van der Waals surface area contributed by atoms with E-state index in [-0.39, 0.29) is 16.3 Å². The van der Waals surface area contributed by atoms with Crippen LogP contribution in [-0.4, -0.2) is 22.5 Å². The smallest absolute Gasteiger partial charge is 0.416 e. The maximum atomic E-state index is 12.2. The second-order valence-corrected chi connectivity index (χ2v) is 3.63. The third kappa shape index (κ3) is 2.78. The average Bonchev–Trinajstić information content (AvgIpc) is 2.18. The zero-order chi connectivity index (χ0) is 12.5. The molecule has 0 aromatic heterocycles. The fourth-order valence-corrected chi connectivity index (χ4v) is 1.31. The van der Waals surface area contributed by atoms with E-state index in [1.165, 1.54) is 6.07 Å². The first-order valence-corrected chi connectivity index (χ1v) is 4.60. The quantitative estimate of drug-likeness (QED) is 0.757. The first-order valence-electron chi connectivity index (χ1n) is 4.22. The SMILES string of the molecule is N[C@H](c1ccc(O)c(Cl)c1)[C@@H](O)C(F)(F)F. The topological polar surface area (TPSA) is 66.5 Å². The Hall–Kier alpha value is -0.980. The molecule has 16 heavy (non-hydrogen) atoms. The van der Waals surface area contributed by atoms with Crippen LogP contribution in [0.3, 0.4) is 0 Å². The Balaban J connectivity index is 2.97. The van der Waals surface area contributed by atoms with Crippen molar-refractivity contribution < 1.29 is 23.4 Å². The number of aliphatic hydroxyl groups is 1. The lowest BCUT2D eigenvalue weighted by Gasteiger charge is -2.21. The zero-order valence-corrected chi connectivity index (χ0v) is 8.63. The number of alkyl halides is 3. The second-order valence-electron chi connectivity index (χ2n) is 3.22. The molecule has 0 saturated heterocycles. The van der Waals surface area contributed by atoms with Crippen molar-refractivity contribution in [2.45, 2.75) is 18.3 Å². The number of halogens is 4. The standard InChI is InChI=1S/C9H9ClF3NO2/c10-5-3-4(1-2-6(5)15)7(14)8(16)9(11,12)13/h1-3,7-8,15-16H,14H2/t7-,8-/m1/s1. The molecule has 4 N–H and O–H groups in total. The van der Waals surface area contributed by atoms with Crippen molar-refractivity contribution in [3.8, 4) is 5.75 Å². The normalized spacial score (nSPS) is 15.9. The van der Waals surface area contributed by atoms with E-state index in [9.17, 15) is 13.2 Å². The van der Waals surface area contributed by atoms with Crippen molar-refractivity contribution in [2.75, 3.05) is 0 Å². The molecule has 2 atom stereocenters.